The molecule has 0 aromatic carbocycles. The Bertz CT molecular complexity index is 265. The molecule has 0 bridgehead atoms. The standard InChI is InChI=1S/C11H21N3/c1-9(2)7-10(12-3)8-11-13-5-6-14(11)4/h5-6,9-10,12H,7-8H2,1-4H3. The summed E-state index contributed by atoms with van der Waals surface area (Å²) in [6.07, 6.45) is 6.07. The highest BCUT2D eigenvalue weighted by molar-refractivity contribution is 4.94. The third-order valence-corrected chi connectivity index (χ3v) is 2.51. The van der Waals surface area contributed by atoms with Gasteiger partial charge in [0.25, 0.3) is 0 Å². The molecule has 0 spiro atoms. The number of aromatic nitrogens is 2. The maximum Gasteiger partial charge on any atom is 0.109 e. The molecule has 0 aliphatic rings. The van der Waals surface area contributed by atoms with E-state index >= 15 is 0 Å². The molecule has 1 unspecified atom stereocenters. The molecule has 1 atom stereocenters. The van der Waals surface area contributed by atoms with Gasteiger partial charge in [0.2, 0.25) is 0 Å². The minimum atomic E-state index is 0.538. The van der Waals surface area contributed by atoms with Crippen LogP contribution in [0.4, 0.5) is 0 Å². The number of hydrogen-bond donors (Lipinski definition) is 1. The predicted octanol–water partition coefficient (Wildman–Crippen LogP) is 1.60. The van der Waals surface area contributed by atoms with Crippen LogP contribution in [0.15, 0.2) is 12.4 Å². The van der Waals surface area contributed by atoms with Crippen LogP contribution < -0.4 is 5.32 Å². The fraction of sp³-hybridized carbons (Fsp3) is 0.727. The molecule has 80 valence electrons. The van der Waals surface area contributed by atoms with Crippen LogP contribution in [0.2, 0.25) is 0 Å². The molecule has 0 saturated carbocycles. The fourth-order valence-corrected chi connectivity index (χ4v) is 1.69. The van der Waals surface area contributed by atoms with E-state index < -0.39 is 0 Å². The number of likely N-dealkylation sites (N-methyl/N-ethyl adjacent to an activating group) is 1. The molecule has 0 amide bonds. The lowest BCUT2D eigenvalue weighted by atomic mass is 10.0. The van der Waals surface area contributed by atoms with Crippen molar-refractivity contribution >= 4 is 0 Å². The summed E-state index contributed by atoms with van der Waals surface area (Å²) in [6, 6.07) is 0.538. The number of nitrogens with zero attached hydrogens (tertiary/aromatic N) is 2. The summed E-state index contributed by atoms with van der Waals surface area (Å²) in [7, 11) is 4.07. The van der Waals surface area contributed by atoms with E-state index in [1.54, 1.807) is 0 Å². The third-order valence-electron chi connectivity index (χ3n) is 2.51. The molecule has 1 rings (SSSR count). The summed E-state index contributed by atoms with van der Waals surface area (Å²) in [5, 5.41) is 3.35. The summed E-state index contributed by atoms with van der Waals surface area (Å²) < 4.78 is 2.09. The molecule has 0 aliphatic heterocycles. The van der Waals surface area contributed by atoms with Crippen molar-refractivity contribution in [3.63, 3.8) is 0 Å². The lowest BCUT2D eigenvalue weighted by molar-refractivity contribution is 0.431. The Balaban J connectivity index is 2.52. The summed E-state index contributed by atoms with van der Waals surface area (Å²) in [4.78, 5) is 4.33. The van der Waals surface area contributed by atoms with Crippen molar-refractivity contribution in [1.29, 1.82) is 0 Å². The van der Waals surface area contributed by atoms with E-state index in [1.807, 2.05) is 26.5 Å². The largest absolute Gasteiger partial charge is 0.338 e. The molecule has 0 aliphatic carbocycles. The molecule has 1 aromatic rings. The Morgan fingerprint density at radius 2 is 2.21 bits per heavy atom. The van der Waals surface area contributed by atoms with Crippen molar-refractivity contribution < 1.29 is 0 Å². The Hall–Kier alpha value is -0.830. The van der Waals surface area contributed by atoms with Crippen molar-refractivity contribution in [2.75, 3.05) is 7.05 Å². The second-order valence-corrected chi connectivity index (χ2v) is 4.27. The fourth-order valence-electron chi connectivity index (χ4n) is 1.69. The Morgan fingerprint density at radius 1 is 1.50 bits per heavy atom. The van der Waals surface area contributed by atoms with Gasteiger partial charge in [-0.3, -0.25) is 0 Å². The van der Waals surface area contributed by atoms with Crippen molar-refractivity contribution in [2.45, 2.75) is 32.7 Å². The quantitative estimate of drug-likeness (QED) is 0.773. The molecule has 0 radical (unpaired) electrons. The number of rotatable bonds is 5. The molecule has 0 fully saturated rings. The van der Waals surface area contributed by atoms with Gasteiger partial charge in [-0.25, -0.2) is 4.98 Å². The van der Waals surface area contributed by atoms with E-state index in [0.717, 1.165) is 18.2 Å². The van der Waals surface area contributed by atoms with Gasteiger partial charge in [0.15, 0.2) is 0 Å². The van der Waals surface area contributed by atoms with E-state index in [9.17, 15) is 0 Å². The number of nitrogens with one attached hydrogen (secondary N) is 1. The Morgan fingerprint density at radius 3 is 2.64 bits per heavy atom. The average Bonchev–Trinajstić information content (AvgIpc) is 2.50. The monoisotopic (exact) mass is 195 g/mol. The van der Waals surface area contributed by atoms with Crippen molar-refractivity contribution in [3.05, 3.63) is 18.2 Å². The highest BCUT2D eigenvalue weighted by atomic mass is 15.0. The van der Waals surface area contributed by atoms with Crippen LogP contribution in [0.3, 0.4) is 0 Å². The van der Waals surface area contributed by atoms with Crippen LogP contribution in [-0.4, -0.2) is 22.6 Å². The topological polar surface area (TPSA) is 29.9 Å². The van der Waals surface area contributed by atoms with E-state index in [4.69, 9.17) is 0 Å². The highest BCUT2D eigenvalue weighted by Gasteiger charge is 2.11. The lowest BCUT2D eigenvalue weighted by Crippen LogP contribution is -2.30. The smallest absolute Gasteiger partial charge is 0.109 e. The lowest BCUT2D eigenvalue weighted by Gasteiger charge is -2.17. The highest BCUT2D eigenvalue weighted by Crippen LogP contribution is 2.09. The Kier molecular flexibility index (Phi) is 4.14. The predicted molar refractivity (Wildman–Crippen MR) is 59.2 cm³/mol. The maximum absolute atomic E-state index is 4.33. The zero-order chi connectivity index (χ0) is 10.6. The molecule has 14 heavy (non-hydrogen) atoms. The van der Waals surface area contributed by atoms with E-state index in [0.29, 0.717) is 6.04 Å². The van der Waals surface area contributed by atoms with E-state index in [-0.39, 0.29) is 0 Å². The summed E-state index contributed by atoms with van der Waals surface area (Å²) in [6.45, 7) is 4.51. The van der Waals surface area contributed by atoms with Crippen LogP contribution in [-0.2, 0) is 13.5 Å². The van der Waals surface area contributed by atoms with Gasteiger partial charge in [-0.05, 0) is 19.4 Å². The van der Waals surface area contributed by atoms with E-state index in [2.05, 4.69) is 28.7 Å². The van der Waals surface area contributed by atoms with Crippen LogP contribution >= 0.6 is 0 Å². The molecular weight excluding hydrogens is 174 g/mol. The van der Waals surface area contributed by atoms with Crippen molar-refractivity contribution in [2.24, 2.45) is 13.0 Å². The minimum absolute atomic E-state index is 0.538. The second-order valence-electron chi connectivity index (χ2n) is 4.27. The molecule has 1 heterocycles. The Labute approximate surface area is 86.5 Å². The van der Waals surface area contributed by atoms with Gasteiger partial charge in [-0.1, -0.05) is 13.8 Å². The van der Waals surface area contributed by atoms with Gasteiger partial charge in [0, 0.05) is 31.9 Å². The first-order valence-electron chi connectivity index (χ1n) is 5.27. The SMILES string of the molecule is CNC(Cc1nccn1C)CC(C)C. The van der Waals surface area contributed by atoms with Crippen molar-refractivity contribution in [1.82, 2.24) is 14.9 Å². The molecule has 3 heteroatoms. The number of imidazole rings is 1. The molecule has 3 nitrogen and oxygen atoms in total. The van der Waals surface area contributed by atoms with Gasteiger partial charge < -0.3 is 9.88 Å². The summed E-state index contributed by atoms with van der Waals surface area (Å²) in [5.74, 6) is 1.89. The average molecular weight is 195 g/mol. The van der Waals surface area contributed by atoms with Crippen LogP contribution in [0.25, 0.3) is 0 Å². The first-order valence-corrected chi connectivity index (χ1v) is 5.27. The zero-order valence-electron chi connectivity index (χ0n) is 9.62. The van der Waals surface area contributed by atoms with Gasteiger partial charge >= 0.3 is 0 Å². The van der Waals surface area contributed by atoms with Crippen LogP contribution in [0.1, 0.15) is 26.1 Å². The van der Waals surface area contributed by atoms with Gasteiger partial charge in [-0.15, -0.1) is 0 Å². The minimum Gasteiger partial charge on any atom is -0.338 e. The molecule has 0 saturated heterocycles. The first-order chi connectivity index (χ1) is 6.63. The summed E-state index contributed by atoms with van der Waals surface area (Å²) >= 11 is 0. The molecular formula is C11H21N3. The molecule has 1 N–H and O–H groups in total. The summed E-state index contributed by atoms with van der Waals surface area (Å²) in [5.41, 5.74) is 0. The van der Waals surface area contributed by atoms with Crippen LogP contribution in [0.5, 0.6) is 0 Å². The van der Waals surface area contributed by atoms with Gasteiger partial charge in [-0.2, -0.15) is 0 Å². The first kappa shape index (κ1) is 11.2. The maximum atomic E-state index is 4.33. The third kappa shape index (κ3) is 3.14. The number of aryl methyl sites for hydroxylation is 1. The normalized spacial score (nSPS) is 13.5. The van der Waals surface area contributed by atoms with Crippen molar-refractivity contribution in [3.8, 4) is 0 Å². The van der Waals surface area contributed by atoms with Crippen LogP contribution in [0, 0.1) is 5.92 Å². The number of hydrogen-bond acceptors (Lipinski definition) is 2. The molecule has 1 aromatic heterocycles. The second kappa shape index (κ2) is 5.15. The van der Waals surface area contributed by atoms with Gasteiger partial charge in [0.1, 0.15) is 5.82 Å². The zero-order valence-corrected chi connectivity index (χ0v) is 9.62. The van der Waals surface area contributed by atoms with E-state index in [1.165, 1.54) is 6.42 Å². The van der Waals surface area contributed by atoms with Gasteiger partial charge in [0.05, 0.1) is 0 Å².